The van der Waals surface area contributed by atoms with Crippen molar-refractivity contribution in [1.82, 2.24) is 0 Å². The molecule has 0 fully saturated rings. The van der Waals surface area contributed by atoms with E-state index in [1.54, 1.807) is 0 Å². The van der Waals surface area contributed by atoms with Crippen LogP contribution in [-0.4, -0.2) is 5.97 Å². The normalized spacial score (nSPS) is 10.3. The van der Waals surface area contributed by atoms with Gasteiger partial charge in [0.15, 0.2) is 0 Å². The van der Waals surface area contributed by atoms with Crippen LogP contribution in [0.4, 0.5) is 14.5 Å². The van der Waals surface area contributed by atoms with E-state index in [9.17, 15) is 13.6 Å². The number of ether oxygens (including phenoxy) is 1. The van der Waals surface area contributed by atoms with Gasteiger partial charge in [0.1, 0.15) is 18.2 Å². The third-order valence-corrected chi connectivity index (χ3v) is 3.05. The molecule has 104 valence electrons. The number of hydrogen-bond donors (Lipinski definition) is 1. The molecule has 3 nitrogen and oxygen atoms in total. The number of nitrogen functional groups attached to an aromatic ring is 1. The number of nitrogens with two attached hydrogens (primary N) is 1. The summed E-state index contributed by atoms with van der Waals surface area (Å²) in [4.78, 5) is 11.7. The van der Waals surface area contributed by atoms with Crippen molar-refractivity contribution in [3.05, 3.63) is 64.2 Å². The average Bonchev–Trinajstić information content (AvgIpc) is 2.43. The van der Waals surface area contributed by atoms with E-state index in [-0.39, 0.29) is 22.9 Å². The number of rotatable bonds is 3. The van der Waals surface area contributed by atoms with E-state index < -0.39 is 17.6 Å². The Balaban J connectivity index is 2.08. The van der Waals surface area contributed by atoms with Crippen molar-refractivity contribution < 1.29 is 18.3 Å². The minimum absolute atomic E-state index is 0.0178. The van der Waals surface area contributed by atoms with Gasteiger partial charge in [-0.3, -0.25) is 0 Å². The Morgan fingerprint density at radius 2 is 1.95 bits per heavy atom. The Kier molecular flexibility index (Phi) is 4.20. The van der Waals surface area contributed by atoms with E-state index in [4.69, 9.17) is 22.1 Å². The molecule has 0 unspecified atom stereocenters. The number of benzene rings is 2. The molecule has 0 spiro atoms. The second-order valence-corrected chi connectivity index (χ2v) is 4.40. The molecule has 20 heavy (non-hydrogen) atoms. The van der Waals surface area contributed by atoms with E-state index in [1.165, 1.54) is 30.3 Å². The topological polar surface area (TPSA) is 52.3 Å². The van der Waals surface area contributed by atoms with Crippen molar-refractivity contribution in [2.24, 2.45) is 0 Å². The van der Waals surface area contributed by atoms with Crippen LogP contribution in [0.15, 0.2) is 36.4 Å². The van der Waals surface area contributed by atoms with Gasteiger partial charge in [-0.05, 0) is 24.3 Å². The lowest BCUT2D eigenvalue weighted by atomic mass is 10.2. The van der Waals surface area contributed by atoms with Gasteiger partial charge in [-0.2, -0.15) is 0 Å². The van der Waals surface area contributed by atoms with Gasteiger partial charge in [0.2, 0.25) is 0 Å². The predicted octanol–water partition coefficient (Wildman–Crippen LogP) is 3.56. The molecule has 6 heteroatoms. The van der Waals surface area contributed by atoms with Gasteiger partial charge in [-0.1, -0.05) is 23.7 Å². The Hall–Kier alpha value is -2.14. The van der Waals surface area contributed by atoms with E-state index in [0.717, 1.165) is 6.07 Å². The zero-order valence-electron chi connectivity index (χ0n) is 10.2. The molecule has 0 aromatic heterocycles. The summed E-state index contributed by atoms with van der Waals surface area (Å²) in [6.45, 7) is -0.207. The van der Waals surface area contributed by atoms with Crippen LogP contribution in [0.5, 0.6) is 0 Å². The summed E-state index contributed by atoms with van der Waals surface area (Å²) in [5, 5.41) is -0.108. The molecular formula is C14H10ClF2NO2. The van der Waals surface area contributed by atoms with Gasteiger partial charge in [-0.25, -0.2) is 13.6 Å². The fourth-order valence-corrected chi connectivity index (χ4v) is 1.72. The van der Waals surface area contributed by atoms with Crippen molar-refractivity contribution in [2.75, 3.05) is 5.73 Å². The SMILES string of the molecule is Nc1ccc(C(=O)OCc2cccc(F)c2Cl)cc1F. The summed E-state index contributed by atoms with van der Waals surface area (Å²) in [6.07, 6.45) is 0. The summed E-state index contributed by atoms with van der Waals surface area (Å²) >= 11 is 5.73. The lowest BCUT2D eigenvalue weighted by molar-refractivity contribution is 0.0472. The second kappa shape index (κ2) is 5.88. The molecule has 2 aromatic carbocycles. The molecule has 0 bridgehead atoms. The van der Waals surface area contributed by atoms with E-state index in [0.29, 0.717) is 5.56 Å². The summed E-state index contributed by atoms with van der Waals surface area (Å²) in [7, 11) is 0. The van der Waals surface area contributed by atoms with Crippen molar-refractivity contribution in [3.63, 3.8) is 0 Å². The average molecular weight is 298 g/mol. The van der Waals surface area contributed by atoms with Crippen molar-refractivity contribution >= 4 is 23.3 Å². The Morgan fingerprint density at radius 3 is 2.65 bits per heavy atom. The van der Waals surface area contributed by atoms with Crippen LogP contribution in [0.2, 0.25) is 5.02 Å². The first-order chi connectivity index (χ1) is 9.49. The number of halogens is 3. The molecule has 0 radical (unpaired) electrons. The molecule has 0 saturated heterocycles. The van der Waals surface area contributed by atoms with Crippen LogP contribution in [-0.2, 0) is 11.3 Å². The highest BCUT2D eigenvalue weighted by atomic mass is 35.5. The van der Waals surface area contributed by atoms with Crippen LogP contribution in [0.3, 0.4) is 0 Å². The van der Waals surface area contributed by atoms with Crippen LogP contribution < -0.4 is 5.73 Å². The van der Waals surface area contributed by atoms with Crippen LogP contribution in [0.25, 0.3) is 0 Å². The van der Waals surface area contributed by atoms with Crippen molar-refractivity contribution in [1.29, 1.82) is 0 Å². The van der Waals surface area contributed by atoms with Crippen molar-refractivity contribution in [2.45, 2.75) is 6.61 Å². The number of hydrogen-bond acceptors (Lipinski definition) is 3. The summed E-state index contributed by atoms with van der Waals surface area (Å²) in [5.74, 6) is -2.05. The summed E-state index contributed by atoms with van der Waals surface area (Å²) < 4.78 is 31.4. The Labute approximate surface area is 118 Å². The highest BCUT2D eigenvalue weighted by Crippen LogP contribution is 2.21. The van der Waals surface area contributed by atoms with Crippen LogP contribution in [0.1, 0.15) is 15.9 Å². The summed E-state index contributed by atoms with van der Waals surface area (Å²) in [5.41, 5.74) is 5.59. The van der Waals surface area contributed by atoms with E-state index in [2.05, 4.69) is 0 Å². The highest BCUT2D eigenvalue weighted by Gasteiger charge is 2.12. The van der Waals surface area contributed by atoms with E-state index >= 15 is 0 Å². The fourth-order valence-electron chi connectivity index (χ4n) is 1.54. The Bertz CT molecular complexity index is 662. The fraction of sp³-hybridized carbons (Fsp3) is 0.0714. The van der Waals surface area contributed by atoms with Gasteiger partial charge in [-0.15, -0.1) is 0 Å². The molecule has 2 aromatic rings. The lowest BCUT2D eigenvalue weighted by Gasteiger charge is -2.07. The smallest absolute Gasteiger partial charge is 0.338 e. The van der Waals surface area contributed by atoms with Gasteiger partial charge in [0.25, 0.3) is 0 Å². The van der Waals surface area contributed by atoms with Crippen molar-refractivity contribution in [3.8, 4) is 0 Å². The molecule has 2 N–H and O–H groups in total. The molecule has 0 amide bonds. The minimum Gasteiger partial charge on any atom is -0.457 e. The first-order valence-electron chi connectivity index (χ1n) is 5.64. The molecule has 2 rings (SSSR count). The molecule has 0 atom stereocenters. The monoisotopic (exact) mass is 297 g/mol. The number of carbonyl (C=O) groups is 1. The number of carbonyl (C=O) groups excluding carboxylic acids is 1. The predicted molar refractivity (Wildman–Crippen MR) is 71.3 cm³/mol. The molecule has 0 heterocycles. The largest absolute Gasteiger partial charge is 0.457 e. The maximum atomic E-state index is 13.2. The molecule has 0 saturated carbocycles. The maximum absolute atomic E-state index is 13.2. The standard InChI is InChI=1S/C14H10ClF2NO2/c15-13-9(2-1-3-10(13)16)7-20-14(19)8-4-5-12(18)11(17)6-8/h1-6H,7,18H2. The zero-order valence-corrected chi connectivity index (χ0v) is 11.0. The van der Waals surface area contributed by atoms with Gasteiger partial charge in [0.05, 0.1) is 16.3 Å². The minimum atomic E-state index is -0.746. The number of esters is 1. The third kappa shape index (κ3) is 3.05. The summed E-state index contributed by atoms with van der Waals surface area (Å²) in [6, 6.07) is 7.76. The van der Waals surface area contributed by atoms with E-state index in [1.807, 2.05) is 0 Å². The van der Waals surface area contributed by atoms with Gasteiger partial charge < -0.3 is 10.5 Å². The molecule has 0 aliphatic carbocycles. The lowest BCUT2D eigenvalue weighted by Crippen LogP contribution is -2.07. The second-order valence-electron chi connectivity index (χ2n) is 4.03. The first-order valence-corrected chi connectivity index (χ1v) is 6.02. The van der Waals surface area contributed by atoms with Crippen LogP contribution >= 0.6 is 11.6 Å². The quantitative estimate of drug-likeness (QED) is 0.696. The zero-order chi connectivity index (χ0) is 14.7. The third-order valence-electron chi connectivity index (χ3n) is 2.63. The first kappa shape index (κ1) is 14.3. The van der Waals surface area contributed by atoms with Crippen LogP contribution in [0, 0.1) is 11.6 Å². The Morgan fingerprint density at radius 1 is 1.20 bits per heavy atom. The molecule has 0 aliphatic rings. The maximum Gasteiger partial charge on any atom is 0.338 e. The van der Waals surface area contributed by atoms with Gasteiger partial charge >= 0.3 is 5.97 Å². The molecular weight excluding hydrogens is 288 g/mol. The van der Waals surface area contributed by atoms with Gasteiger partial charge in [0, 0.05) is 5.56 Å². The highest BCUT2D eigenvalue weighted by molar-refractivity contribution is 6.31. The number of anilines is 1. The molecule has 0 aliphatic heterocycles.